The minimum Gasteiger partial charge on any atom is -0.497 e. The number of benzene rings is 2. The number of carbonyl (C=O) groups is 1. The van der Waals surface area contributed by atoms with Crippen molar-refractivity contribution in [3.63, 3.8) is 0 Å². The highest BCUT2D eigenvalue weighted by molar-refractivity contribution is 7.17. The van der Waals surface area contributed by atoms with E-state index in [2.05, 4.69) is 20.7 Å². The molecular formula is C22H19N3O3S. The smallest absolute Gasteiger partial charge is 0.307 e. The van der Waals surface area contributed by atoms with Crippen molar-refractivity contribution < 1.29 is 14.6 Å². The lowest BCUT2D eigenvalue weighted by Gasteiger charge is -2.10. The van der Waals surface area contributed by atoms with Crippen LogP contribution in [0.1, 0.15) is 11.4 Å². The number of nitrogens with zero attached hydrogens (tertiary/aromatic N) is 2. The number of anilines is 2. The van der Waals surface area contributed by atoms with Gasteiger partial charge >= 0.3 is 5.97 Å². The SMILES string of the molecule is COc1ccc(-c2csc3nc(C)nc(Nc4ccc(CC(=O)O)cc4)c23)cc1. The van der Waals surface area contributed by atoms with Crippen LogP contribution in [0.4, 0.5) is 11.5 Å². The number of carboxylic acid groups (broad SMARTS) is 1. The highest BCUT2D eigenvalue weighted by Crippen LogP contribution is 2.38. The number of hydrogen-bond acceptors (Lipinski definition) is 6. The Bertz CT molecular complexity index is 1170. The number of nitrogens with one attached hydrogen (secondary N) is 1. The largest absolute Gasteiger partial charge is 0.497 e. The molecule has 0 saturated heterocycles. The molecule has 4 aromatic rings. The van der Waals surface area contributed by atoms with Crippen molar-refractivity contribution in [1.29, 1.82) is 0 Å². The molecule has 0 radical (unpaired) electrons. The Morgan fingerprint density at radius 1 is 1.10 bits per heavy atom. The molecular weight excluding hydrogens is 386 g/mol. The average Bonchev–Trinajstić information content (AvgIpc) is 3.13. The van der Waals surface area contributed by atoms with Gasteiger partial charge in [0.2, 0.25) is 0 Å². The second-order valence-electron chi connectivity index (χ2n) is 6.57. The molecule has 4 rings (SSSR count). The second kappa shape index (κ2) is 7.89. The topological polar surface area (TPSA) is 84.3 Å². The first kappa shape index (κ1) is 18.9. The number of aryl methyl sites for hydroxylation is 1. The Morgan fingerprint density at radius 2 is 1.83 bits per heavy atom. The Hall–Kier alpha value is -3.45. The summed E-state index contributed by atoms with van der Waals surface area (Å²) in [5.41, 5.74) is 3.70. The summed E-state index contributed by atoms with van der Waals surface area (Å²) in [6, 6.07) is 15.2. The van der Waals surface area contributed by atoms with Gasteiger partial charge in [0.1, 0.15) is 22.2 Å². The molecule has 2 N–H and O–H groups in total. The number of methoxy groups -OCH3 is 1. The zero-order valence-electron chi connectivity index (χ0n) is 16.0. The molecule has 7 heteroatoms. The van der Waals surface area contributed by atoms with E-state index in [9.17, 15) is 4.79 Å². The zero-order valence-corrected chi connectivity index (χ0v) is 16.8. The van der Waals surface area contributed by atoms with Crippen LogP contribution in [0.25, 0.3) is 21.3 Å². The number of aromatic nitrogens is 2. The molecule has 0 bridgehead atoms. The van der Waals surface area contributed by atoms with E-state index in [0.717, 1.165) is 44.2 Å². The molecule has 0 amide bonds. The van der Waals surface area contributed by atoms with Crippen molar-refractivity contribution in [2.75, 3.05) is 12.4 Å². The van der Waals surface area contributed by atoms with E-state index in [1.807, 2.05) is 43.3 Å². The van der Waals surface area contributed by atoms with Gasteiger partial charge in [-0.25, -0.2) is 9.97 Å². The highest BCUT2D eigenvalue weighted by Gasteiger charge is 2.15. The summed E-state index contributed by atoms with van der Waals surface area (Å²) in [5.74, 6) is 1.37. The molecule has 2 heterocycles. The third-order valence-corrected chi connectivity index (χ3v) is 5.39. The van der Waals surface area contributed by atoms with Crippen LogP contribution >= 0.6 is 11.3 Å². The maximum Gasteiger partial charge on any atom is 0.307 e. The molecule has 0 aliphatic heterocycles. The van der Waals surface area contributed by atoms with E-state index in [-0.39, 0.29) is 6.42 Å². The lowest BCUT2D eigenvalue weighted by atomic mass is 10.1. The van der Waals surface area contributed by atoms with E-state index in [1.165, 1.54) is 0 Å². The Balaban J connectivity index is 1.73. The fourth-order valence-corrected chi connectivity index (χ4v) is 4.13. The van der Waals surface area contributed by atoms with Crippen molar-refractivity contribution in [3.05, 3.63) is 65.3 Å². The van der Waals surface area contributed by atoms with Gasteiger partial charge in [-0.2, -0.15) is 0 Å². The van der Waals surface area contributed by atoms with Crippen LogP contribution < -0.4 is 10.1 Å². The van der Waals surface area contributed by atoms with Gasteiger partial charge in [0.25, 0.3) is 0 Å². The maximum absolute atomic E-state index is 10.9. The van der Waals surface area contributed by atoms with Crippen LogP contribution in [-0.4, -0.2) is 28.2 Å². The number of carboxylic acids is 1. The number of hydrogen-bond donors (Lipinski definition) is 2. The van der Waals surface area contributed by atoms with Gasteiger partial charge in [0, 0.05) is 16.6 Å². The van der Waals surface area contributed by atoms with Gasteiger partial charge in [0.05, 0.1) is 18.9 Å². The van der Waals surface area contributed by atoms with E-state index in [4.69, 9.17) is 9.84 Å². The molecule has 0 fully saturated rings. The number of rotatable bonds is 6. The lowest BCUT2D eigenvalue weighted by Crippen LogP contribution is -2.01. The summed E-state index contributed by atoms with van der Waals surface area (Å²) in [6.45, 7) is 1.87. The fourth-order valence-electron chi connectivity index (χ4n) is 3.14. The normalized spacial score (nSPS) is 10.8. The highest BCUT2D eigenvalue weighted by atomic mass is 32.1. The summed E-state index contributed by atoms with van der Waals surface area (Å²) in [6.07, 6.45) is 0.00326. The standard InChI is InChI=1S/C22H19N3O3S/c1-13-23-21(25-16-7-3-14(4-8-16)11-19(26)27)20-18(12-29-22(20)24-13)15-5-9-17(28-2)10-6-15/h3-10,12H,11H2,1-2H3,(H,26,27)(H,23,24,25). The fraction of sp³-hybridized carbons (Fsp3) is 0.136. The molecule has 0 aliphatic carbocycles. The first-order valence-corrected chi connectivity index (χ1v) is 9.89. The number of ether oxygens (including phenoxy) is 1. The van der Waals surface area contributed by atoms with Gasteiger partial charge in [0.15, 0.2) is 0 Å². The van der Waals surface area contributed by atoms with Crippen molar-refractivity contribution in [3.8, 4) is 16.9 Å². The number of aliphatic carboxylic acids is 1. The Morgan fingerprint density at radius 3 is 2.48 bits per heavy atom. The van der Waals surface area contributed by atoms with Crippen LogP contribution in [0.2, 0.25) is 0 Å². The summed E-state index contributed by atoms with van der Waals surface area (Å²) in [7, 11) is 1.65. The third-order valence-electron chi connectivity index (χ3n) is 4.52. The summed E-state index contributed by atoms with van der Waals surface area (Å²) < 4.78 is 5.25. The minimum absolute atomic E-state index is 0.00326. The van der Waals surface area contributed by atoms with Crippen molar-refractivity contribution >= 4 is 39.0 Å². The molecule has 2 aromatic carbocycles. The van der Waals surface area contributed by atoms with Crippen molar-refractivity contribution in [1.82, 2.24) is 9.97 Å². The molecule has 146 valence electrons. The van der Waals surface area contributed by atoms with Gasteiger partial charge in [-0.15, -0.1) is 11.3 Å². The Kier molecular flexibility index (Phi) is 5.14. The first-order chi connectivity index (χ1) is 14.0. The lowest BCUT2D eigenvalue weighted by molar-refractivity contribution is -0.136. The van der Waals surface area contributed by atoms with Crippen LogP contribution in [-0.2, 0) is 11.2 Å². The molecule has 6 nitrogen and oxygen atoms in total. The molecule has 0 atom stereocenters. The van der Waals surface area contributed by atoms with Crippen LogP contribution in [0.15, 0.2) is 53.9 Å². The molecule has 0 saturated carbocycles. The predicted octanol–water partition coefficient (Wildman–Crippen LogP) is 5.05. The number of thiophene rings is 1. The average molecular weight is 405 g/mol. The van der Waals surface area contributed by atoms with Gasteiger partial charge < -0.3 is 15.2 Å². The van der Waals surface area contributed by atoms with Gasteiger partial charge in [-0.1, -0.05) is 24.3 Å². The van der Waals surface area contributed by atoms with Crippen LogP contribution in [0.5, 0.6) is 5.75 Å². The predicted molar refractivity (Wildman–Crippen MR) is 115 cm³/mol. The molecule has 29 heavy (non-hydrogen) atoms. The summed E-state index contributed by atoms with van der Waals surface area (Å²) in [4.78, 5) is 21.0. The minimum atomic E-state index is -0.846. The Labute approximate surface area is 171 Å². The van der Waals surface area contributed by atoms with Gasteiger partial charge in [-0.3, -0.25) is 4.79 Å². The van der Waals surface area contributed by atoms with Gasteiger partial charge in [-0.05, 0) is 42.3 Å². The maximum atomic E-state index is 10.9. The molecule has 0 spiro atoms. The molecule has 2 aromatic heterocycles. The third kappa shape index (κ3) is 4.05. The number of fused-ring (bicyclic) bond motifs is 1. The van der Waals surface area contributed by atoms with Crippen molar-refractivity contribution in [2.45, 2.75) is 13.3 Å². The quantitative estimate of drug-likeness (QED) is 0.467. The van der Waals surface area contributed by atoms with E-state index in [0.29, 0.717) is 5.82 Å². The zero-order chi connectivity index (χ0) is 20.4. The van der Waals surface area contributed by atoms with Crippen LogP contribution in [0, 0.1) is 6.92 Å². The monoisotopic (exact) mass is 405 g/mol. The van der Waals surface area contributed by atoms with Crippen LogP contribution in [0.3, 0.4) is 0 Å². The van der Waals surface area contributed by atoms with E-state index < -0.39 is 5.97 Å². The summed E-state index contributed by atoms with van der Waals surface area (Å²) >= 11 is 1.58. The molecule has 0 aliphatic rings. The van der Waals surface area contributed by atoms with E-state index in [1.54, 1.807) is 30.6 Å². The summed E-state index contributed by atoms with van der Waals surface area (Å²) in [5, 5.41) is 15.3. The molecule has 0 unspecified atom stereocenters. The van der Waals surface area contributed by atoms with E-state index >= 15 is 0 Å². The second-order valence-corrected chi connectivity index (χ2v) is 7.43. The first-order valence-electron chi connectivity index (χ1n) is 9.01. The van der Waals surface area contributed by atoms with Crippen molar-refractivity contribution in [2.24, 2.45) is 0 Å².